The largest absolute Gasteiger partial charge is 0.355 e. The van der Waals surface area contributed by atoms with E-state index in [1.165, 1.54) is 24.0 Å². The lowest BCUT2D eigenvalue weighted by Gasteiger charge is -2.25. The number of anilines is 1. The molecular weight excluding hydrogens is 374 g/mol. The highest BCUT2D eigenvalue weighted by Gasteiger charge is 2.26. The van der Waals surface area contributed by atoms with Crippen LogP contribution in [-0.2, 0) is 17.8 Å². The van der Waals surface area contributed by atoms with Crippen LogP contribution in [0.2, 0.25) is 0 Å². The maximum atomic E-state index is 12.7. The number of guanidine groups is 1. The van der Waals surface area contributed by atoms with Crippen molar-refractivity contribution >= 4 is 17.6 Å². The van der Waals surface area contributed by atoms with Gasteiger partial charge in [-0.15, -0.1) is 0 Å². The smallest absolute Gasteiger partial charge is 0.246 e. The average molecular weight is 406 g/mol. The lowest BCUT2D eigenvalue weighted by Crippen LogP contribution is -2.47. The van der Waals surface area contributed by atoms with Gasteiger partial charge >= 0.3 is 0 Å². The van der Waals surface area contributed by atoms with Crippen LogP contribution in [0.3, 0.4) is 0 Å². The molecule has 1 fully saturated rings. The van der Waals surface area contributed by atoms with Crippen LogP contribution in [0.15, 0.2) is 59.6 Å². The zero-order chi connectivity index (χ0) is 20.8. The Hall–Kier alpha value is -2.86. The molecule has 2 aromatic carbocycles. The average Bonchev–Trinajstić information content (AvgIpc) is 3.41. The second kappa shape index (κ2) is 9.76. The van der Waals surface area contributed by atoms with E-state index >= 15 is 0 Å². The summed E-state index contributed by atoms with van der Waals surface area (Å²) in [5.74, 6) is 0.761. The molecule has 6 nitrogen and oxygen atoms in total. The van der Waals surface area contributed by atoms with Gasteiger partial charge in [0.15, 0.2) is 5.96 Å². The highest BCUT2D eigenvalue weighted by Crippen LogP contribution is 2.27. The first-order valence-electron chi connectivity index (χ1n) is 10.9. The first kappa shape index (κ1) is 20.4. The Morgan fingerprint density at radius 3 is 2.70 bits per heavy atom. The molecule has 2 aromatic rings. The van der Waals surface area contributed by atoms with E-state index in [0.29, 0.717) is 12.0 Å². The van der Waals surface area contributed by atoms with Gasteiger partial charge in [0.2, 0.25) is 5.91 Å². The first-order chi connectivity index (χ1) is 14.7. The minimum atomic E-state index is 0.0782. The number of hydrogen-bond donors (Lipinski definition) is 2. The number of carbonyl (C=O) groups is 1. The van der Waals surface area contributed by atoms with E-state index in [9.17, 15) is 4.79 Å². The number of nitrogens with zero attached hydrogens (tertiary/aromatic N) is 3. The molecule has 6 heteroatoms. The lowest BCUT2D eigenvalue weighted by molar-refractivity contribution is -0.117. The molecule has 0 spiro atoms. The van der Waals surface area contributed by atoms with Crippen molar-refractivity contribution < 1.29 is 4.79 Å². The minimum absolute atomic E-state index is 0.0782. The summed E-state index contributed by atoms with van der Waals surface area (Å²) in [6.07, 6.45) is 3.33. The molecule has 0 saturated carbocycles. The van der Waals surface area contributed by atoms with E-state index in [2.05, 4.69) is 56.9 Å². The third-order valence-corrected chi connectivity index (χ3v) is 6.05. The molecule has 1 atom stereocenters. The fourth-order valence-corrected chi connectivity index (χ4v) is 4.44. The molecule has 2 aliphatic heterocycles. The Kier molecular flexibility index (Phi) is 6.64. The summed E-state index contributed by atoms with van der Waals surface area (Å²) in [6, 6.07) is 19.2. The van der Waals surface area contributed by atoms with Gasteiger partial charge in [-0.25, -0.2) is 0 Å². The molecular formula is C24H31N5O. The topological polar surface area (TPSA) is 60.0 Å². The second-order valence-electron chi connectivity index (χ2n) is 7.98. The van der Waals surface area contributed by atoms with Crippen molar-refractivity contribution in [1.29, 1.82) is 0 Å². The van der Waals surface area contributed by atoms with Crippen molar-refractivity contribution in [2.75, 3.05) is 38.1 Å². The highest BCUT2D eigenvalue weighted by molar-refractivity contribution is 5.98. The predicted molar refractivity (Wildman–Crippen MR) is 122 cm³/mol. The number of para-hydroxylation sites is 1. The lowest BCUT2D eigenvalue weighted by atomic mass is 10.2. The van der Waals surface area contributed by atoms with Gasteiger partial charge < -0.3 is 15.5 Å². The Morgan fingerprint density at radius 2 is 1.87 bits per heavy atom. The number of benzene rings is 2. The van der Waals surface area contributed by atoms with Crippen LogP contribution in [0.1, 0.15) is 24.0 Å². The fraction of sp³-hybridized carbons (Fsp3) is 0.417. The molecule has 0 radical (unpaired) electrons. The summed E-state index contributed by atoms with van der Waals surface area (Å²) in [4.78, 5) is 21.4. The number of likely N-dealkylation sites (tertiary alicyclic amines) is 1. The maximum absolute atomic E-state index is 12.7. The Labute approximate surface area is 179 Å². The van der Waals surface area contributed by atoms with E-state index in [1.807, 2.05) is 23.1 Å². The first-order valence-corrected chi connectivity index (χ1v) is 10.9. The van der Waals surface area contributed by atoms with E-state index < -0.39 is 0 Å². The van der Waals surface area contributed by atoms with Gasteiger partial charge in [0, 0.05) is 38.4 Å². The van der Waals surface area contributed by atoms with Crippen molar-refractivity contribution in [1.82, 2.24) is 15.5 Å². The van der Waals surface area contributed by atoms with Crippen LogP contribution >= 0.6 is 0 Å². The molecule has 2 heterocycles. The molecule has 30 heavy (non-hydrogen) atoms. The highest BCUT2D eigenvalue weighted by atomic mass is 16.2. The maximum Gasteiger partial charge on any atom is 0.246 e. The molecule has 2 aliphatic rings. The molecule has 2 N–H and O–H groups in total. The van der Waals surface area contributed by atoms with E-state index in [0.717, 1.165) is 38.3 Å². The van der Waals surface area contributed by atoms with Crippen molar-refractivity contribution in [2.24, 2.45) is 4.99 Å². The van der Waals surface area contributed by atoms with Crippen molar-refractivity contribution in [2.45, 2.75) is 31.8 Å². The number of carbonyl (C=O) groups excluding carboxylic acids is 1. The summed E-state index contributed by atoms with van der Waals surface area (Å²) < 4.78 is 0. The van der Waals surface area contributed by atoms with Crippen molar-refractivity contribution in [3.8, 4) is 0 Å². The second-order valence-corrected chi connectivity index (χ2v) is 7.98. The van der Waals surface area contributed by atoms with Crippen LogP contribution in [0.25, 0.3) is 0 Å². The summed E-state index contributed by atoms with van der Waals surface area (Å²) in [5.41, 5.74) is 3.63. The molecule has 158 valence electrons. The Balaban J connectivity index is 1.25. The van der Waals surface area contributed by atoms with Gasteiger partial charge in [-0.3, -0.25) is 14.7 Å². The van der Waals surface area contributed by atoms with Gasteiger partial charge in [0.1, 0.15) is 0 Å². The number of aliphatic imine (C=N–C) groups is 1. The summed E-state index contributed by atoms with van der Waals surface area (Å²) >= 11 is 0. The van der Waals surface area contributed by atoms with Gasteiger partial charge in [0.25, 0.3) is 0 Å². The van der Waals surface area contributed by atoms with Crippen LogP contribution in [0.4, 0.5) is 5.69 Å². The zero-order valence-electron chi connectivity index (χ0n) is 17.7. The third kappa shape index (κ3) is 4.82. The van der Waals surface area contributed by atoms with Crippen LogP contribution in [0, 0.1) is 0 Å². The molecule has 0 aliphatic carbocycles. The van der Waals surface area contributed by atoms with Crippen molar-refractivity contribution in [3.63, 3.8) is 0 Å². The minimum Gasteiger partial charge on any atom is -0.355 e. The van der Waals surface area contributed by atoms with Crippen molar-refractivity contribution in [3.05, 3.63) is 65.7 Å². The van der Waals surface area contributed by atoms with Gasteiger partial charge in [0.05, 0.1) is 6.54 Å². The normalized spacial score (nSPS) is 19.0. The summed E-state index contributed by atoms with van der Waals surface area (Å²) in [7, 11) is 1.75. The number of hydrogen-bond acceptors (Lipinski definition) is 3. The van der Waals surface area contributed by atoms with Crippen LogP contribution in [-0.4, -0.2) is 56.0 Å². The molecule has 1 amide bonds. The monoisotopic (exact) mass is 405 g/mol. The fourth-order valence-electron chi connectivity index (χ4n) is 4.44. The van der Waals surface area contributed by atoms with E-state index in [1.54, 1.807) is 7.05 Å². The summed E-state index contributed by atoms with van der Waals surface area (Å²) in [5, 5.41) is 6.61. The van der Waals surface area contributed by atoms with E-state index in [4.69, 9.17) is 0 Å². The Bertz CT molecular complexity index is 882. The SMILES string of the molecule is CN=C(NCC(=O)N1CCc2ccccc21)NCC1CCCN1Cc1ccccc1. The number of amides is 1. The van der Waals surface area contributed by atoms with Gasteiger partial charge in [-0.05, 0) is 43.0 Å². The van der Waals surface area contributed by atoms with Gasteiger partial charge in [-0.1, -0.05) is 48.5 Å². The number of rotatable bonds is 6. The van der Waals surface area contributed by atoms with E-state index in [-0.39, 0.29) is 12.5 Å². The van der Waals surface area contributed by atoms with Crippen LogP contribution < -0.4 is 15.5 Å². The quantitative estimate of drug-likeness (QED) is 0.572. The zero-order valence-corrected chi connectivity index (χ0v) is 17.7. The number of fused-ring (bicyclic) bond motifs is 1. The molecule has 4 rings (SSSR count). The van der Waals surface area contributed by atoms with Crippen LogP contribution in [0.5, 0.6) is 0 Å². The third-order valence-electron chi connectivity index (χ3n) is 6.05. The molecule has 1 unspecified atom stereocenters. The Morgan fingerprint density at radius 1 is 1.07 bits per heavy atom. The standard InChI is InChI=1S/C24H31N5O/c1-25-24(27-17-23(30)29-15-13-20-10-5-6-12-22(20)29)26-16-21-11-7-14-28(21)18-19-8-3-2-4-9-19/h2-6,8-10,12,21H,7,11,13-18H2,1H3,(H2,25,26,27). The molecule has 0 bridgehead atoms. The number of nitrogens with one attached hydrogen (secondary N) is 2. The summed E-state index contributed by atoms with van der Waals surface area (Å²) in [6.45, 7) is 3.92. The predicted octanol–water partition coefficient (Wildman–Crippen LogP) is 2.41. The molecule has 1 saturated heterocycles. The molecule has 0 aromatic heterocycles. The van der Waals surface area contributed by atoms with Gasteiger partial charge in [-0.2, -0.15) is 0 Å².